The summed E-state index contributed by atoms with van der Waals surface area (Å²) in [7, 11) is 0. The second kappa shape index (κ2) is 4.64. The summed E-state index contributed by atoms with van der Waals surface area (Å²) in [5.74, 6) is 0. The Morgan fingerprint density at radius 2 is 2.40 bits per heavy atom. The van der Waals surface area contributed by atoms with Crippen LogP contribution in [-0.4, -0.2) is 17.8 Å². The predicted octanol–water partition coefficient (Wildman–Crippen LogP) is 2.41. The summed E-state index contributed by atoms with van der Waals surface area (Å²) in [6.45, 7) is 2.47. The number of nitrogens with one attached hydrogen (secondary N) is 1. The fraction of sp³-hybridized carbons (Fsp3) is 0.500. The first kappa shape index (κ1) is 11.1. The maximum atomic E-state index is 9.24. The van der Waals surface area contributed by atoms with E-state index in [0.29, 0.717) is 12.6 Å². The van der Waals surface area contributed by atoms with Crippen LogP contribution < -0.4 is 5.32 Å². The number of fused-ring (bicyclic) bond motifs is 1. The molecule has 2 rings (SSSR count). The Hall–Kier alpha value is -0.380. The molecule has 1 unspecified atom stereocenters. The topological polar surface area (TPSA) is 32.3 Å². The molecule has 0 heterocycles. The molecule has 0 saturated carbocycles. The van der Waals surface area contributed by atoms with Gasteiger partial charge in [0.05, 0.1) is 6.10 Å². The SMILES string of the molecule is C[C@@H](O)CNC1CCc2c(Br)cccc21. The molecule has 15 heavy (non-hydrogen) atoms. The molecule has 2 nitrogen and oxygen atoms in total. The normalized spacial score (nSPS) is 21.4. The van der Waals surface area contributed by atoms with Gasteiger partial charge in [-0.15, -0.1) is 0 Å². The van der Waals surface area contributed by atoms with Crippen LogP contribution in [0.5, 0.6) is 0 Å². The van der Waals surface area contributed by atoms with Crippen LogP contribution in [0.2, 0.25) is 0 Å². The Morgan fingerprint density at radius 3 is 3.13 bits per heavy atom. The van der Waals surface area contributed by atoms with Crippen LogP contribution in [0.25, 0.3) is 0 Å². The van der Waals surface area contributed by atoms with Crippen LogP contribution in [-0.2, 0) is 6.42 Å². The Balaban J connectivity index is 2.11. The first-order valence-electron chi connectivity index (χ1n) is 5.37. The predicted molar refractivity (Wildman–Crippen MR) is 64.9 cm³/mol. The van der Waals surface area contributed by atoms with Gasteiger partial charge in [0.1, 0.15) is 0 Å². The highest BCUT2D eigenvalue weighted by molar-refractivity contribution is 9.10. The zero-order valence-corrected chi connectivity index (χ0v) is 10.4. The molecule has 1 aliphatic rings. The molecular formula is C12H16BrNO. The van der Waals surface area contributed by atoms with Gasteiger partial charge in [0, 0.05) is 17.1 Å². The molecule has 1 aliphatic carbocycles. The second-order valence-electron chi connectivity index (χ2n) is 4.16. The molecule has 3 heteroatoms. The van der Waals surface area contributed by atoms with Crippen molar-refractivity contribution >= 4 is 15.9 Å². The fourth-order valence-corrected chi connectivity index (χ4v) is 2.71. The van der Waals surface area contributed by atoms with E-state index >= 15 is 0 Å². The highest BCUT2D eigenvalue weighted by Gasteiger charge is 2.23. The number of rotatable bonds is 3. The van der Waals surface area contributed by atoms with E-state index in [1.807, 2.05) is 6.92 Å². The van der Waals surface area contributed by atoms with E-state index in [4.69, 9.17) is 0 Å². The van der Waals surface area contributed by atoms with E-state index in [9.17, 15) is 5.11 Å². The third-order valence-corrected chi connectivity index (χ3v) is 3.62. The molecule has 0 saturated heterocycles. The zero-order chi connectivity index (χ0) is 10.8. The highest BCUT2D eigenvalue weighted by atomic mass is 79.9. The van der Waals surface area contributed by atoms with Gasteiger partial charge < -0.3 is 10.4 Å². The fourth-order valence-electron chi connectivity index (χ4n) is 2.13. The Labute approximate surface area is 98.8 Å². The first-order chi connectivity index (χ1) is 7.18. The summed E-state index contributed by atoms with van der Waals surface area (Å²) < 4.78 is 1.21. The van der Waals surface area contributed by atoms with Gasteiger partial charge in [-0.2, -0.15) is 0 Å². The summed E-state index contributed by atoms with van der Waals surface area (Å²) >= 11 is 3.58. The van der Waals surface area contributed by atoms with Crippen LogP contribution in [0.3, 0.4) is 0 Å². The van der Waals surface area contributed by atoms with Crippen molar-refractivity contribution in [3.8, 4) is 0 Å². The van der Waals surface area contributed by atoms with Gasteiger partial charge in [0.25, 0.3) is 0 Å². The minimum absolute atomic E-state index is 0.277. The number of aliphatic hydroxyl groups is 1. The molecule has 2 atom stereocenters. The average molecular weight is 270 g/mol. The number of hydrogen-bond donors (Lipinski definition) is 2. The molecule has 0 aromatic heterocycles. The largest absolute Gasteiger partial charge is 0.392 e. The molecule has 0 aliphatic heterocycles. The maximum absolute atomic E-state index is 9.24. The van der Waals surface area contributed by atoms with Gasteiger partial charge in [0.15, 0.2) is 0 Å². The van der Waals surface area contributed by atoms with Gasteiger partial charge in [-0.1, -0.05) is 28.1 Å². The van der Waals surface area contributed by atoms with Crippen molar-refractivity contribution in [2.75, 3.05) is 6.54 Å². The molecule has 82 valence electrons. The van der Waals surface area contributed by atoms with Gasteiger partial charge in [-0.25, -0.2) is 0 Å². The number of hydrogen-bond acceptors (Lipinski definition) is 2. The molecule has 0 spiro atoms. The van der Waals surface area contributed by atoms with E-state index in [1.54, 1.807) is 0 Å². The van der Waals surface area contributed by atoms with Crippen molar-refractivity contribution in [1.29, 1.82) is 0 Å². The van der Waals surface area contributed by atoms with Crippen molar-refractivity contribution in [1.82, 2.24) is 5.32 Å². The second-order valence-corrected chi connectivity index (χ2v) is 5.01. The quantitative estimate of drug-likeness (QED) is 0.884. The zero-order valence-electron chi connectivity index (χ0n) is 8.83. The Bertz CT molecular complexity index is 351. The number of aliphatic hydroxyl groups excluding tert-OH is 1. The summed E-state index contributed by atoms with van der Waals surface area (Å²) in [5, 5.41) is 12.6. The lowest BCUT2D eigenvalue weighted by Gasteiger charge is -2.15. The molecule has 0 bridgehead atoms. The molecular weight excluding hydrogens is 254 g/mol. The number of benzene rings is 1. The van der Waals surface area contributed by atoms with E-state index < -0.39 is 0 Å². The highest BCUT2D eigenvalue weighted by Crippen LogP contribution is 2.35. The van der Waals surface area contributed by atoms with Gasteiger partial charge in [-0.05, 0) is 37.0 Å². The van der Waals surface area contributed by atoms with Crippen molar-refractivity contribution in [2.24, 2.45) is 0 Å². The van der Waals surface area contributed by atoms with E-state index in [0.717, 1.165) is 12.8 Å². The molecule has 0 amide bonds. The van der Waals surface area contributed by atoms with Crippen LogP contribution in [0, 0.1) is 0 Å². The lowest BCUT2D eigenvalue weighted by Crippen LogP contribution is -2.27. The molecule has 1 aromatic carbocycles. The smallest absolute Gasteiger partial charge is 0.0636 e. The third-order valence-electron chi connectivity index (χ3n) is 2.87. The first-order valence-corrected chi connectivity index (χ1v) is 6.16. The Morgan fingerprint density at radius 1 is 1.60 bits per heavy atom. The standard InChI is InChI=1S/C12H16BrNO/c1-8(15)7-14-12-6-5-9-10(12)3-2-4-11(9)13/h2-4,8,12,14-15H,5-7H2,1H3/t8-,12?/m1/s1. The third kappa shape index (κ3) is 2.41. The van der Waals surface area contributed by atoms with Gasteiger partial charge in [0.2, 0.25) is 0 Å². The Kier molecular flexibility index (Phi) is 3.44. The van der Waals surface area contributed by atoms with E-state index in [-0.39, 0.29) is 6.10 Å². The van der Waals surface area contributed by atoms with Crippen molar-refractivity contribution in [3.63, 3.8) is 0 Å². The minimum atomic E-state index is -0.277. The summed E-state index contributed by atoms with van der Waals surface area (Å²) in [5.41, 5.74) is 2.80. The van der Waals surface area contributed by atoms with Crippen LogP contribution in [0.15, 0.2) is 22.7 Å². The van der Waals surface area contributed by atoms with Crippen LogP contribution >= 0.6 is 15.9 Å². The lowest BCUT2D eigenvalue weighted by molar-refractivity contribution is 0.186. The van der Waals surface area contributed by atoms with Gasteiger partial charge in [-0.3, -0.25) is 0 Å². The van der Waals surface area contributed by atoms with Gasteiger partial charge >= 0.3 is 0 Å². The monoisotopic (exact) mass is 269 g/mol. The summed E-state index contributed by atoms with van der Waals surface area (Å²) in [6, 6.07) is 6.75. The molecule has 0 fully saturated rings. The van der Waals surface area contributed by atoms with E-state index in [1.165, 1.54) is 15.6 Å². The van der Waals surface area contributed by atoms with Crippen molar-refractivity contribution in [3.05, 3.63) is 33.8 Å². The number of halogens is 1. The molecule has 1 aromatic rings. The van der Waals surface area contributed by atoms with Crippen molar-refractivity contribution in [2.45, 2.75) is 31.9 Å². The minimum Gasteiger partial charge on any atom is -0.392 e. The lowest BCUT2D eigenvalue weighted by atomic mass is 10.1. The van der Waals surface area contributed by atoms with Crippen LogP contribution in [0.4, 0.5) is 0 Å². The average Bonchev–Trinajstić information content (AvgIpc) is 2.59. The van der Waals surface area contributed by atoms with E-state index in [2.05, 4.69) is 39.4 Å². The molecule has 0 radical (unpaired) electrons. The maximum Gasteiger partial charge on any atom is 0.0636 e. The molecule has 2 N–H and O–H groups in total. The van der Waals surface area contributed by atoms with Crippen LogP contribution in [0.1, 0.15) is 30.5 Å². The summed E-state index contributed by atoms with van der Waals surface area (Å²) in [6.07, 6.45) is 1.97. The van der Waals surface area contributed by atoms with Crippen molar-refractivity contribution < 1.29 is 5.11 Å². The summed E-state index contributed by atoms with van der Waals surface area (Å²) in [4.78, 5) is 0.